The summed E-state index contributed by atoms with van der Waals surface area (Å²) in [6, 6.07) is 0.419. The predicted octanol–water partition coefficient (Wildman–Crippen LogP) is 3.36. The second-order valence-electron chi connectivity index (χ2n) is 7.44. The van der Waals surface area contributed by atoms with Crippen molar-refractivity contribution in [1.29, 1.82) is 0 Å². The number of nitrogens with one attached hydrogen (secondary N) is 2. The Morgan fingerprint density at radius 3 is 2.88 bits per heavy atom. The van der Waals surface area contributed by atoms with Crippen molar-refractivity contribution in [3.63, 3.8) is 0 Å². The summed E-state index contributed by atoms with van der Waals surface area (Å²) in [7, 11) is 1.82. The summed E-state index contributed by atoms with van der Waals surface area (Å²) in [5.74, 6) is 1.95. The quantitative estimate of drug-likeness (QED) is 0.408. The van der Waals surface area contributed by atoms with E-state index in [4.69, 9.17) is 4.74 Å². The number of hydrogen-bond acceptors (Lipinski definition) is 4. The van der Waals surface area contributed by atoms with Gasteiger partial charge in [-0.2, -0.15) is 0 Å². The lowest BCUT2D eigenvalue weighted by Gasteiger charge is -2.54. The first kappa shape index (κ1) is 19.9. The minimum atomic E-state index is 0. The third-order valence-electron chi connectivity index (χ3n) is 5.12. The zero-order chi connectivity index (χ0) is 16.6. The predicted molar refractivity (Wildman–Crippen MR) is 110 cm³/mol. The molecule has 2 heterocycles. The number of ether oxygens (including phenoxy) is 1. The highest BCUT2D eigenvalue weighted by molar-refractivity contribution is 14.0. The Labute approximate surface area is 166 Å². The minimum Gasteiger partial charge on any atom is -0.377 e. The molecule has 3 atom stereocenters. The van der Waals surface area contributed by atoms with Crippen LogP contribution in [0.2, 0.25) is 0 Å². The van der Waals surface area contributed by atoms with Crippen molar-refractivity contribution in [2.75, 3.05) is 13.7 Å². The molecule has 5 nitrogen and oxygen atoms in total. The van der Waals surface area contributed by atoms with Crippen LogP contribution in [0.1, 0.15) is 50.7 Å². The molecule has 2 fully saturated rings. The van der Waals surface area contributed by atoms with Gasteiger partial charge in [-0.15, -0.1) is 35.3 Å². The third kappa shape index (κ3) is 3.72. The maximum absolute atomic E-state index is 5.86. The number of thiazole rings is 1. The van der Waals surface area contributed by atoms with Crippen molar-refractivity contribution >= 4 is 41.3 Å². The first-order chi connectivity index (χ1) is 10.9. The molecule has 0 bridgehead atoms. The normalized spacial score (nSPS) is 28.1. The SMILES string of the molecule is CN=C(NCc1csc(C(C)C)n1)NC1C2CCOC2C1(C)C.I. The second-order valence-corrected chi connectivity index (χ2v) is 8.33. The van der Waals surface area contributed by atoms with Crippen LogP contribution in [0.5, 0.6) is 0 Å². The fourth-order valence-corrected chi connectivity index (χ4v) is 4.64. The second kappa shape index (κ2) is 7.86. The molecule has 24 heavy (non-hydrogen) atoms. The van der Waals surface area contributed by atoms with Gasteiger partial charge in [0.25, 0.3) is 0 Å². The molecule has 2 N–H and O–H groups in total. The lowest BCUT2D eigenvalue weighted by atomic mass is 9.57. The molecule has 0 amide bonds. The summed E-state index contributed by atoms with van der Waals surface area (Å²) in [6.45, 7) is 10.5. The van der Waals surface area contributed by atoms with E-state index in [9.17, 15) is 0 Å². The molecule has 1 aromatic heterocycles. The highest BCUT2D eigenvalue weighted by Gasteiger charge is 2.59. The van der Waals surface area contributed by atoms with Gasteiger partial charge >= 0.3 is 0 Å². The van der Waals surface area contributed by atoms with Crippen LogP contribution in [0, 0.1) is 11.3 Å². The van der Waals surface area contributed by atoms with E-state index < -0.39 is 0 Å². The number of aliphatic imine (C=N–C) groups is 1. The van der Waals surface area contributed by atoms with Gasteiger partial charge in [-0.25, -0.2) is 4.98 Å². The fourth-order valence-electron chi connectivity index (χ4n) is 3.80. The van der Waals surface area contributed by atoms with E-state index in [1.807, 2.05) is 7.05 Å². The maximum atomic E-state index is 5.86. The Kier molecular flexibility index (Phi) is 6.52. The molecule has 1 saturated carbocycles. The Balaban J connectivity index is 0.00000208. The van der Waals surface area contributed by atoms with Gasteiger partial charge in [-0.1, -0.05) is 27.7 Å². The highest BCUT2D eigenvalue weighted by atomic mass is 127. The van der Waals surface area contributed by atoms with Crippen LogP contribution < -0.4 is 10.6 Å². The van der Waals surface area contributed by atoms with Gasteiger partial charge in [0.05, 0.1) is 23.4 Å². The average molecular weight is 464 g/mol. The number of hydrogen-bond donors (Lipinski definition) is 2. The van der Waals surface area contributed by atoms with E-state index in [1.54, 1.807) is 11.3 Å². The molecule has 0 spiro atoms. The lowest BCUT2D eigenvalue weighted by molar-refractivity contribution is -0.106. The van der Waals surface area contributed by atoms with Gasteiger partial charge in [0.2, 0.25) is 0 Å². The van der Waals surface area contributed by atoms with Crippen LogP contribution in [0.3, 0.4) is 0 Å². The van der Waals surface area contributed by atoms with Gasteiger partial charge < -0.3 is 15.4 Å². The zero-order valence-electron chi connectivity index (χ0n) is 15.1. The number of guanidine groups is 1. The van der Waals surface area contributed by atoms with Crippen molar-refractivity contribution in [2.24, 2.45) is 16.3 Å². The van der Waals surface area contributed by atoms with Crippen LogP contribution >= 0.6 is 35.3 Å². The third-order valence-corrected chi connectivity index (χ3v) is 6.31. The molecule has 2 aliphatic rings. The Morgan fingerprint density at radius 2 is 2.25 bits per heavy atom. The van der Waals surface area contributed by atoms with Crippen LogP contribution in [-0.2, 0) is 11.3 Å². The molecule has 0 aromatic carbocycles. The van der Waals surface area contributed by atoms with Crippen LogP contribution in [0.4, 0.5) is 0 Å². The van der Waals surface area contributed by atoms with Gasteiger partial charge in [0.15, 0.2) is 5.96 Å². The smallest absolute Gasteiger partial charge is 0.191 e. The van der Waals surface area contributed by atoms with Crippen molar-refractivity contribution in [3.8, 4) is 0 Å². The highest BCUT2D eigenvalue weighted by Crippen LogP contribution is 2.52. The molecule has 1 aromatic rings. The standard InChI is InChI=1S/C17H28N4OS.HI/c1-10(2)15-20-11(9-23-15)8-19-16(18-5)21-13-12-6-7-22-14(12)17(13,3)4;/h9-10,12-14H,6-8H2,1-5H3,(H2,18,19,21);1H. The van der Waals surface area contributed by atoms with E-state index in [1.165, 1.54) is 5.01 Å². The average Bonchev–Trinajstić information content (AvgIpc) is 3.15. The molecule has 1 saturated heterocycles. The van der Waals surface area contributed by atoms with Gasteiger partial charge in [-0.3, -0.25) is 4.99 Å². The number of rotatable bonds is 4. The summed E-state index contributed by atoms with van der Waals surface area (Å²) < 4.78 is 5.86. The van der Waals surface area contributed by atoms with Crippen LogP contribution in [0.25, 0.3) is 0 Å². The minimum absolute atomic E-state index is 0. The number of halogens is 1. The van der Waals surface area contributed by atoms with E-state index in [-0.39, 0.29) is 29.4 Å². The van der Waals surface area contributed by atoms with Crippen LogP contribution in [-0.4, -0.2) is 36.7 Å². The summed E-state index contributed by atoms with van der Waals surface area (Å²) >= 11 is 1.73. The number of nitrogens with zero attached hydrogens (tertiary/aromatic N) is 2. The molecule has 0 radical (unpaired) electrons. The largest absolute Gasteiger partial charge is 0.377 e. The summed E-state index contributed by atoms with van der Waals surface area (Å²) in [4.78, 5) is 9.04. The van der Waals surface area contributed by atoms with Gasteiger partial charge in [0, 0.05) is 42.3 Å². The molecule has 1 aliphatic heterocycles. The fraction of sp³-hybridized carbons (Fsp3) is 0.765. The maximum Gasteiger partial charge on any atom is 0.191 e. The summed E-state index contributed by atoms with van der Waals surface area (Å²) in [5.41, 5.74) is 1.24. The van der Waals surface area contributed by atoms with Crippen molar-refractivity contribution in [3.05, 3.63) is 16.1 Å². The van der Waals surface area contributed by atoms with Crippen molar-refractivity contribution in [2.45, 2.75) is 58.7 Å². The molecule has 3 rings (SSSR count). The Hall–Kier alpha value is -0.410. The summed E-state index contributed by atoms with van der Waals surface area (Å²) in [6.07, 6.45) is 1.54. The molecular formula is C17H29IN4OS. The number of aromatic nitrogens is 1. The monoisotopic (exact) mass is 464 g/mol. The topological polar surface area (TPSA) is 58.5 Å². The first-order valence-electron chi connectivity index (χ1n) is 8.46. The van der Waals surface area contributed by atoms with Gasteiger partial charge in [0.1, 0.15) is 0 Å². The Bertz CT molecular complexity index is 587. The van der Waals surface area contributed by atoms with Gasteiger partial charge in [-0.05, 0) is 6.42 Å². The first-order valence-corrected chi connectivity index (χ1v) is 9.34. The van der Waals surface area contributed by atoms with E-state index in [0.29, 0.717) is 30.5 Å². The molecule has 3 unspecified atom stereocenters. The van der Waals surface area contributed by atoms with Crippen molar-refractivity contribution < 1.29 is 4.74 Å². The van der Waals surface area contributed by atoms with E-state index in [0.717, 1.165) is 24.7 Å². The zero-order valence-corrected chi connectivity index (χ0v) is 18.3. The van der Waals surface area contributed by atoms with E-state index >= 15 is 0 Å². The van der Waals surface area contributed by atoms with Crippen LogP contribution in [0.15, 0.2) is 10.4 Å². The molecule has 7 heteroatoms. The summed E-state index contributed by atoms with van der Waals surface area (Å²) in [5, 5.41) is 10.3. The van der Waals surface area contributed by atoms with Crippen molar-refractivity contribution in [1.82, 2.24) is 15.6 Å². The molecule has 1 aliphatic carbocycles. The molecule has 136 valence electrons. The molecular weight excluding hydrogens is 435 g/mol. The lowest BCUT2D eigenvalue weighted by Crippen LogP contribution is -2.67. The number of fused-ring (bicyclic) bond motifs is 1. The Morgan fingerprint density at radius 1 is 1.50 bits per heavy atom. The van der Waals surface area contributed by atoms with E-state index in [2.05, 4.69) is 53.7 Å².